The van der Waals surface area contributed by atoms with Crippen molar-refractivity contribution in [3.05, 3.63) is 202 Å². The first kappa shape index (κ1) is 80.8. The van der Waals surface area contributed by atoms with Crippen molar-refractivity contribution in [2.45, 2.75) is 60.6 Å². The summed E-state index contributed by atoms with van der Waals surface area (Å²) in [5.41, 5.74) is 26.3. The number of carbonyl (C=O) groups excluding carboxylic acids is 2. The molecule has 4 radical (unpaired) electrons. The molecule has 4 saturated heterocycles. The first-order chi connectivity index (χ1) is 50.4. The highest BCUT2D eigenvalue weighted by Crippen LogP contribution is 2.41. The molecule has 4 aliphatic heterocycles. The third kappa shape index (κ3) is 24.6. The highest BCUT2D eigenvalue weighted by molar-refractivity contribution is 9.11. The van der Waals surface area contributed by atoms with Crippen molar-refractivity contribution in [2.75, 3.05) is 61.2 Å². The summed E-state index contributed by atoms with van der Waals surface area (Å²) in [6, 6.07) is 26.9. The van der Waals surface area contributed by atoms with Crippen molar-refractivity contribution < 1.29 is 72.5 Å². The van der Waals surface area contributed by atoms with Crippen LogP contribution < -0.4 is 22.9 Å². The molecule has 0 spiro atoms. The minimum absolute atomic E-state index is 0.263. The van der Waals surface area contributed by atoms with Gasteiger partial charge in [-0.15, -0.1) is 19.3 Å². The molecule has 4 aliphatic rings. The Bertz CT molecular complexity index is 4640. The topological polar surface area (TPSA) is 415 Å². The average Bonchev–Trinajstić information content (AvgIpc) is 1.59. The summed E-state index contributed by atoms with van der Waals surface area (Å²) in [5.74, 6) is 8.13. The second-order valence-corrected chi connectivity index (χ2v) is 26.4. The number of aliphatic imine (C=N–C) groups is 2. The standard InChI is InChI=1S/C17H13B2N3O4S.C11H14O4.C10H13NO3.C10H15NO2.C8H2B2BrN3O2.C6H4BrN3.C4H3Br2N3/c1-4-13-15(17(19-26-17)22-16-18-25-16)20-9-14(21-13)11-5-7-12(8-6-11)27(23,24)10(2)3;1-13-10(12)8-4-6-9(7-5-8)11(14-2)15-3;1-13-10(14-2)8-5-3-7(4-6-8)9(11)12;1-12-10(13-2)9-5-3-8(7-11)4-6-9;1-2-4-6(12-3-5(11)13-4)8(10-16-8)14-7-9-15-7;1-2-4-6(8)9-3-5(7)10-4;5-2-1-8-4(7)3(6)9-2/h1,5-10H,2-3H3;4-7,11H,1-3H3;3-6,10H,1-2H3,(H2,11,12);3-6,10H,7,11H2,1-2H3;1,3H;1,3H,(H2,8,9);1H,(H2,7,8)/i;;;7D2;;;. The number of rotatable bonds is 19. The number of hydrogen-bond donors (Lipinski definition) is 4. The molecule has 1 amide bonds. The van der Waals surface area contributed by atoms with Crippen molar-refractivity contribution in [1.82, 2.24) is 39.9 Å². The summed E-state index contributed by atoms with van der Waals surface area (Å²) in [6.45, 7) is 1.48. The fourth-order valence-corrected chi connectivity index (χ4v) is 10.6. The van der Waals surface area contributed by atoms with Crippen LogP contribution in [0.3, 0.4) is 0 Å². The number of primary amides is 1. The van der Waals surface area contributed by atoms with E-state index < -0.39 is 57.6 Å². The van der Waals surface area contributed by atoms with Crippen LogP contribution in [-0.2, 0) is 79.4 Å². The van der Waals surface area contributed by atoms with Gasteiger partial charge in [0, 0.05) is 79.7 Å². The van der Waals surface area contributed by atoms with Gasteiger partial charge < -0.3 is 74.7 Å². The molecular formula is C66H64B4Br4N14O15S. The molecule has 4 fully saturated rings. The number of nitrogens with two attached hydrogens (primary N) is 4. The lowest BCUT2D eigenvalue weighted by atomic mass is 9.91. The summed E-state index contributed by atoms with van der Waals surface area (Å²) >= 11 is 12.6. The Morgan fingerprint density at radius 3 is 1.32 bits per heavy atom. The van der Waals surface area contributed by atoms with Crippen LogP contribution in [-0.4, -0.2) is 157 Å². The van der Waals surface area contributed by atoms with Gasteiger partial charge in [-0.25, -0.2) is 53.1 Å². The van der Waals surface area contributed by atoms with Gasteiger partial charge in [-0.05, 0) is 137 Å². The van der Waals surface area contributed by atoms with Gasteiger partial charge in [-0.2, -0.15) is 0 Å². The predicted molar refractivity (Wildman–Crippen MR) is 402 cm³/mol. The predicted octanol–water partition coefficient (Wildman–Crippen LogP) is 7.72. The maximum Gasteiger partial charge on any atom is 0.474 e. The van der Waals surface area contributed by atoms with E-state index in [-0.39, 0.29) is 16.7 Å². The lowest BCUT2D eigenvalue weighted by Crippen LogP contribution is -2.14. The van der Waals surface area contributed by atoms with Gasteiger partial charge in [0.15, 0.2) is 68.9 Å². The lowest BCUT2D eigenvalue weighted by Gasteiger charge is -2.13. The minimum Gasteiger partial charge on any atom is -0.549 e. The van der Waals surface area contributed by atoms with Crippen molar-refractivity contribution in [3.8, 4) is 48.3 Å². The molecule has 38 heteroatoms. The zero-order valence-electron chi connectivity index (χ0n) is 58.7. The molecule has 2 atom stereocenters. The summed E-state index contributed by atoms with van der Waals surface area (Å²) in [4.78, 5) is 63.2. The van der Waals surface area contributed by atoms with Gasteiger partial charge in [-0.3, -0.25) is 14.8 Å². The van der Waals surface area contributed by atoms with E-state index in [0.717, 1.165) is 16.7 Å². The molecule has 0 saturated carbocycles. The minimum atomic E-state index is -3.33. The van der Waals surface area contributed by atoms with Crippen LogP contribution in [0.4, 0.5) is 11.6 Å². The van der Waals surface area contributed by atoms with Gasteiger partial charge in [0.2, 0.25) is 5.91 Å². The summed E-state index contributed by atoms with van der Waals surface area (Å²) in [6.07, 6.45) is 20.9. The number of hydrogen-bond acceptors (Lipinski definition) is 28. The molecular weight excluding hydrogens is 1620 g/mol. The quantitative estimate of drug-likeness (QED) is 0.0198. The largest absolute Gasteiger partial charge is 0.549 e. The van der Waals surface area contributed by atoms with Gasteiger partial charge in [0.1, 0.15) is 41.2 Å². The first-order valence-electron chi connectivity index (χ1n) is 30.7. The monoisotopic (exact) mass is 1690 g/mol. The van der Waals surface area contributed by atoms with Gasteiger partial charge >= 0.3 is 35.9 Å². The molecule has 2 unspecified atom stereocenters. The highest BCUT2D eigenvalue weighted by Gasteiger charge is 2.55. The number of ether oxygens (including phenoxy) is 7. The zero-order chi connectivity index (χ0) is 78.1. The number of amides is 1. The highest BCUT2D eigenvalue weighted by atomic mass is 79.9. The van der Waals surface area contributed by atoms with Crippen LogP contribution in [0.2, 0.25) is 0 Å². The zero-order valence-corrected chi connectivity index (χ0v) is 63.9. The Kier molecular flexibility index (Phi) is 31.4. The fraction of sp³-hybridized carbons (Fsp3) is 0.242. The number of nitrogens with zero attached hydrogens (tertiary/aromatic N) is 10. The second-order valence-electron chi connectivity index (χ2n) is 20.7. The lowest BCUT2D eigenvalue weighted by molar-refractivity contribution is -0.106. The van der Waals surface area contributed by atoms with Gasteiger partial charge in [0.25, 0.3) is 0 Å². The molecule has 8 heterocycles. The number of terminal acetylenes is 3. The van der Waals surface area contributed by atoms with Crippen LogP contribution in [0.15, 0.2) is 155 Å². The van der Waals surface area contributed by atoms with E-state index in [2.05, 4.69) is 136 Å². The Morgan fingerprint density at radius 2 is 0.962 bits per heavy atom. The smallest absolute Gasteiger partial charge is 0.474 e. The maximum absolute atomic E-state index is 12.2. The molecule has 12 rings (SSSR count). The van der Waals surface area contributed by atoms with Crippen LogP contribution in [0, 0.1) is 37.0 Å². The number of benzene rings is 4. The van der Waals surface area contributed by atoms with E-state index >= 15 is 0 Å². The molecule has 8 N–H and O–H groups in total. The number of methoxy groups -OCH3 is 7. The number of nitrogen functional groups attached to an aromatic ring is 2. The Labute approximate surface area is 640 Å². The summed E-state index contributed by atoms with van der Waals surface area (Å²) in [7, 11) is 13.4. The molecule has 534 valence electrons. The molecule has 29 nitrogen and oxygen atoms in total. The second kappa shape index (κ2) is 40.4. The van der Waals surface area contributed by atoms with E-state index in [9.17, 15) is 18.0 Å². The maximum atomic E-state index is 12.2. The molecule has 0 aliphatic carbocycles. The number of esters is 1. The van der Waals surface area contributed by atoms with Crippen molar-refractivity contribution >= 4 is 139 Å². The first-order valence-corrected chi connectivity index (χ1v) is 34.4. The summed E-state index contributed by atoms with van der Waals surface area (Å²) in [5, 5.41) is -0.490. The van der Waals surface area contributed by atoms with Crippen LogP contribution >= 0.6 is 63.7 Å². The van der Waals surface area contributed by atoms with Crippen molar-refractivity contribution in [3.63, 3.8) is 0 Å². The van der Waals surface area contributed by atoms with E-state index in [1.54, 1.807) is 172 Å². The Balaban J connectivity index is 0.000000200. The van der Waals surface area contributed by atoms with E-state index in [1.807, 2.05) is 0 Å². The molecule has 4 aromatic heterocycles. The molecule has 4 aromatic carbocycles. The normalized spacial score (nSPS) is 16.2. The number of aromatic nitrogens is 8. The number of sulfone groups is 1. The van der Waals surface area contributed by atoms with Gasteiger partial charge in [-0.1, -0.05) is 60.7 Å². The number of anilines is 2. The van der Waals surface area contributed by atoms with E-state index in [0.29, 0.717) is 92.2 Å². The van der Waals surface area contributed by atoms with Crippen LogP contribution in [0.1, 0.15) is 107 Å². The van der Waals surface area contributed by atoms with Crippen LogP contribution in [0.25, 0.3) is 11.3 Å². The average molecular weight is 1690 g/mol. The van der Waals surface area contributed by atoms with Crippen LogP contribution in [0.5, 0.6) is 0 Å². The number of carbonyl (C=O) groups is 2. The summed E-state index contributed by atoms with van der Waals surface area (Å²) < 4.78 is 96.7. The molecule has 104 heavy (non-hydrogen) atoms. The SMILES string of the molecule is C#Cc1nc(-c2ccc(S(=O)(=O)C(C)C)cc2)cnc1C1(N=C2[B]O2)[B]O1.C#Cc1nc(Br)cnc1C1(N=C2[B]O2)[B]O1.C#Cc1nc(Br)cnc1N.COC(=O)c1ccc(C(OC)OC)cc1.COC(OC)c1ccc(C(N)=O)cc1.Nc1ncc(Br)nc1Br.[2H]C([2H])(N)c1ccc(C(OC)OC)cc1. The van der Waals surface area contributed by atoms with Gasteiger partial charge in [0.05, 0.1) is 53.3 Å². The molecule has 0 bridgehead atoms. The molecule has 8 aromatic rings. The fourth-order valence-electron chi connectivity index (χ4n) is 8.12. The van der Waals surface area contributed by atoms with E-state index in [1.165, 1.54) is 43.2 Å². The van der Waals surface area contributed by atoms with Crippen molar-refractivity contribution in [2.24, 2.45) is 21.5 Å². The third-order valence-electron chi connectivity index (χ3n) is 13.6. The van der Waals surface area contributed by atoms with E-state index in [4.69, 9.17) is 92.0 Å². The Morgan fingerprint density at radius 1 is 0.577 bits per heavy atom. The third-order valence-corrected chi connectivity index (χ3v) is 17.5. The van der Waals surface area contributed by atoms with Crippen molar-refractivity contribution in [1.29, 1.82) is 0 Å². The number of halogens is 4. The Hall–Kier alpha value is -8.87.